The summed E-state index contributed by atoms with van der Waals surface area (Å²) in [7, 11) is 1.69. The average Bonchev–Trinajstić information content (AvgIpc) is 3.06. The van der Waals surface area contributed by atoms with Gasteiger partial charge in [-0.25, -0.2) is 9.98 Å². The fourth-order valence-corrected chi connectivity index (χ4v) is 3.00. The summed E-state index contributed by atoms with van der Waals surface area (Å²) >= 11 is 1.70. The monoisotopic (exact) mass is 474 g/mol. The van der Waals surface area contributed by atoms with Gasteiger partial charge in [0.2, 0.25) is 0 Å². The third-order valence-electron chi connectivity index (χ3n) is 3.53. The second kappa shape index (κ2) is 11.3. The molecule has 0 aliphatic rings. The van der Waals surface area contributed by atoms with E-state index in [1.54, 1.807) is 18.4 Å². The highest BCUT2D eigenvalue weighted by Crippen LogP contribution is 2.20. The number of hydrogen-bond donors (Lipinski definition) is 2. The molecular weight excluding hydrogens is 447 g/mol. The van der Waals surface area contributed by atoms with Crippen LogP contribution in [0.15, 0.2) is 28.6 Å². The SMILES string of the molecule is CCNC(=NCc1ccc(C)cc1OC)NCc1csc(CC)n1.I. The molecule has 0 radical (unpaired) electrons. The number of nitrogens with zero attached hydrogens (tertiary/aromatic N) is 2. The van der Waals surface area contributed by atoms with Gasteiger partial charge in [0, 0.05) is 17.5 Å². The third-order valence-corrected chi connectivity index (χ3v) is 4.57. The van der Waals surface area contributed by atoms with Crippen molar-refractivity contribution in [2.24, 2.45) is 4.99 Å². The van der Waals surface area contributed by atoms with E-state index in [4.69, 9.17) is 4.74 Å². The molecule has 2 aromatic rings. The van der Waals surface area contributed by atoms with Crippen LogP contribution in [0.1, 0.15) is 35.7 Å². The van der Waals surface area contributed by atoms with E-state index in [0.29, 0.717) is 13.1 Å². The molecule has 7 heteroatoms. The van der Waals surface area contributed by atoms with E-state index in [1.807, 2.05) is 6.07 Å². The minimum Gasteiger partial charge on any atom is -0.496 e. The summed E-state index contributed by atoms with van der Waals surface area (Å²) in [4.78, 5) is 9.22. The molecule has 0 unspecified atom stereocenters. The van der Waals surface area contributed by atoms with Gasteiger partial charge in [0.15, 0.2) is 5.96 Å². The van der Waals surface area contributed by atoms with Crippen LogP contribution in [-0.2, 0) is 19.5 Å². The summed E-state index contributed by atoms with van der Waals surface area (Å²) in [6.45, 7) is 8.29. The Kier molecular flexibility index (Phi) is 9.81. The van der Waals surface area contributed by atoms with Gasteiger partial charge in [0.05, 0.1) is 30.9 Å². The first-order valence-electron chi connectivity index (χ1n) is 8.25. The third kappa shape index (κ3) is 6.81. The molecule has 0 saturated heterocycles. The first-order valence-corrected chi connectivity index (χ1v) is 9.13. The number of nitrogens with one attached hydrogen (secondary N) is 2. The number of aromatic nitrogens is 1. The van der Waals surface area contributed by atoms with Gasteiger partial charge in [-0.3, -0.25) is 0 Å². The Labute approximate surface area is 171 Å². The smallest absolute Gasteiger partial charge is 0.191 e. The molecule has 0 amide bonds. The van der Waals surface area contributed by atoms with Crippen molar-refractivity contribution in [3.63, 3.8) is 0 Å². The lowest BCUT2D eigenvalue weighted by molar-refractivity contribution is 0.409. The molecule has 1 heterocycles. The van der Waals surface area contributed by atoms with Crippen LogP contribution in [0.25, 0.3) is 0 Å². The molecule has 0 saturated carbocycles. The topological polar surface area (TPSA) is 58.5 Å². The van der Waals surface area contributed by atoms with Gasteiger partial charge in [0.1, 0.15) is 5.75 Å². The number of ether oxygens (including phenoxy) is 1. The number of aliphatic imine (C=N–C) groups is 1. The normalized spacial score (nSPS) is 11.0. The largest absolute Gasteiger partial charge is 0.496 e. The highest BCUT2D eigenvalue weighted by Gasteiger charge is 2.05. The maximum absolute atomic E-state index is 5.44. The van der Waals surface area contributed by atoms with E-state index >= 15 is 0 Å². The van der Waals surface area contributed by atoms with E-state index in [1.165, 1.54) is 5.56 Å². The molecule has 138 valence electrons. The number of rotatable bonds is 7. The van der Waals surface area contributed by atoms with Crippen molar-refractivity contribution in [3.8, 4) is 5.75 Å². The number of benzene rings is 1. The van der Waals surface area contributed by atoms with E-state index < -0.39 is 0 Å². The van der Waals surface area contributed by atoms with Gasteiger partial charge in [-0.2, -0.15) is 0 Å². The van der Waals surface area contributed by atoms with Crippen molar-refractivity contribution < 1.29 is 4.74 Å². The highest BCUT2D eigenvalue weighted by molar-refractivity contribution is 14.0. The standard InChI is InChI=1S/C18H26N4OS.HI/c1-5-17-22-15(12-24-17)11-21-18(19-6-2)20-10-14-8-7-13(3)9-16(14)23-4;/h7-9,12H,5-6,10-11H2,1-4H3,(H2,19,20,21);1H. The molecule has 0 aliphatic heterocycles. The summed E-state index contributed by atoms with van der Waals surface area (Å²) in [5.74, 6) is 1.66. The predicted octanol–water partition coefficient (Wildman–Crippen LogP) is 3.90. The van der Waals surface area contributed by atoms with Crippen molar-refractivity contribution in [3.05, 3.63) is 45.4 Å². The Bertz CT molecular complexity index is 687. The molecule has 2 rings (SSSR count). The molecule has 0 bridgehead atoms. The summed E-state index contributed by atoms with van der Waals surface area (Å²) in [5.41, 5.74) is 3.30. The van der Waals surface area contributed by atoms with Crippen molar-refractivity contribution >= 4 is 41.3 Å². The van der Waals surface area contributed by atoms with Crippen LogP contribution in [0.4, 0.5) is 0 Å². The lowest BCUT2D eigenvalue weighted by Gasteiger charge is -2.12. The number of halogens is 1. The molecule has 5 nitrogen and oxygen atoms in total. The molecular formula is C18H27IN4OS. The zero-order valence-electron chi connectivity index (χ0n) is 15.3. The highest BCUT2D eigenvalue weighted by atomic mass is 127. The van der Waals surface area contributed by atoms with Crippen LogP contribution in [0.5, 0.6) is 5.75 Å². The molecule has 0 atom stereocenters. The Morgan fingerprint density at radius 2 is 2.08 bits per heavy atom. The lowest BCUT2D eigenvalue weighted by Crippen LogP contribution is -2.36. The molecule has 0 aliphatic carbocycles. The van der Waals surface area contributed by atoms with Crippen molar-refractivity contribution in [1.82, 2.24) is 15.6 Å². The van der Waals surface area contributed by atoms with Gasteiger partial charge in [-0.05, 0) is 31.9 Å². The van der Waals surface area contributed by atoms with Gasteiger partial charge in [0.25, 0.3) is 0 Å². The van der Waals surface area contributed by atoms with Gasteiger partial charge in [-0.15, -0.1) is 35.3 Å². The zero-order valence-corrected chi connectivity index (χ0v) is 18.4. The molecule has 1 aromatic carbocycles. The second-order valence-corrected chi connectivity index (χ2v) is 6.39. The fourth-order valence-electron chi connectivity index (χ4n) is 2.26. The molecule has 1 aromatic heterocycles. The number of methoxy groups -OCH3 is 1. The van der Waals surface area contributed by atoms with Gasteiger partial charge >= 0.3 is 0 Å². The van der Waals surface area contributed by atoms with Crippen LogP contribution in [-0.4, -0.2) is 24.6 Å². The number of aryl methyl sites for hydroxylation is 2. The summed E-state index contributed by atoms with van der Waals surface area (Å²) in [6, 6.07) is 6.18. The first kappa shape index (κ1) is 21.7. The zero-order chi connectivity index (χ0) is 17.4. The first-order chi connectivity index (χ1) is 11.7. The van der Waals surface area contributed by atoms with Crippen molar-refractivity contribution in [1.29, 1.82) is 0 Å². The van der Waals surface area contributed by atoms with E-state index in [2.05, 4.69) is 58.9 Å². The number of thiazole rings is 1. The summed E-state index contributed by atoms with van der Waals surface area (Å²) in [6.07, 6.45) is 0.978. The molecule has 0 fully saturated rings. The van der Waals surface area contributed by atoms with Crippen LogP contribution in [0.2, 0.25) is 0 Å². The van der Waals surface area contributed by atoms with E-state index in [9.17, 15) is 0 Å². The Hall–Kier alpha value is -1.35. The average molecular weight is 474 g/mol. The Morgan fingerprint density at radius 1 is 1.28 bits per heavy atom. The predicted molar refractivity (Wildman–Crippen MR) is 116 cm³/mol. The maximum Gasteiger partial charge on any atom is 0.191 e. The lowest BCUT2D eigenvalue weighted by atomic mass is 10.1. The number of guanidine groups is 1. The maximum atomic E-state index is 5.44. The van der Waals surface area contributed by atoms with Crippen LogP contribution < -0.4 is 15.4 Å². The Balaban J connectivity index is 0.00000312. The molecule has 0 spiro atoms. The fraction of sp³-hybridized carbons (Fsp3) is 0.444. The van der Waals surface area contributed by atoms with Crippen molar-refractivity contribution in [2.75, 3.05) is 13.7 Å². The van der Waals surface area contributed by atoms with Gasteiger partial charge < -0.3 is 15.4 Å². The second-order valence-electron chi connectivity index (χ2n) is 5.45. The summed E-state index contributed by atoms with van der Waals surface area (Å²) < 4.78 is 5.44. The van der Waals surface area contributed by atoms with Crippen LogP contribution in [0.3, 0.4) is 0 Å². The van der Waals surface area contributed by atoms with Crippen molar-refractivity contribution in [2.45, 2.75) is 40.3 Å². The van der Waals surface area contributed by atoms with Gasteiger partial charge in [-0.1, -0.05) is 19.1 Å². The quantitative estimate of drug-likeness (QED) is 0.363. The van der Waals surface area contributed by atoms with Crippen LogP contribution in [0, 0.1) is 6.92 Å². The Morgan fingerprint density at radius 3 is 2.72 bits per heavy atom. The number of hydrogen-bond acceptors (Lipinski definition) is 4. The molecule has 2 N–H and O–H groups in total. The minimum absolute atomic E-state index is 0. The minimum atomic E-state index is 0. The van der Waals surface area contributed by atoms with E-state index in [-0.39, 0.29) is 24.0 Å². The van der Waals surface area contributed by atoms with E-state index in [0.717, 1.165) is 40.9 Å². The summed E-state index contributed by atoms with van der Waals surface area (Å²) in [5, 5.41) is 9.86. The van der Waals surface area contributed by atoms with Crippen LogP contribution >= 0.6 is 35.3 Å². The molecule has 25 heavy (non-hydrogen) atoms.